The molecule has 0 atom stereocenters. The lowest BCUT2D eigenvalue weighted by molar-refractivity contribution is -0.124. The molecule has 2 aliphatic rings. The van der Waals surface area contributed by atoms with Gasteiger partial charge in [-0.15, -0.1) is 0 Å². The molecule has 4 nitrogen and oxygen atoms in total. The van der Waals surface area contributed by atoms with Crippen molar-refractivity contribution in [2.45, 2.75) is 13.5 Å². The molecule has 0 saturated carbocycles. The zero-order chi connectivity index (χ0) is 12.0. The number of likely N-dealkylation sites (tertiary alicyclic amines) is 1. The minimum Gasteiger partial charge on any atom is -0.399 e. The Kier molecular flexibility index (Phi) is 2.18. The van der Waals surface area contributed by atoms with Crippen molar-refractivity contribution in [2.75, 3.05) is 18.8 Å². The predicted octanol–water partition coefficient (Wildman–Crippen LogP) is 1.05. The molecule has 0 aromatic heterocycles. The summed E-state index contributed by atoms with van der Waals surface area (Å²) in [6.07, 6.45) is 0. The molecule has 1 fully saturated rings. The Bertz CT molecular complexity index is 515. The topological polar surface area (TPSA) is 58.7 Å². The number of ketones is 1. The second-order valence-electron chi connectivity index (χ2n) is 4.77. The van der Waals surface area contributed by atoms with Gasteiger partial charge in [-0.25, -0.2) is 0 Å². The van der Waals surface area contributed by atoms with Crippen LogP contribution in [0.2, 0.25) is 0 Å². The standard InChI is InChI=1S/C13H15N3O/c1-8(17)10-6-16(7-10)13-12-4-11(14)3-2-9(12)5-15-13/h2-4,10H,5-7,14H2,1H3. The molecule has 0 bridgehead atoms. The fourth-order valence-corrected chi connectivity index (χ4v) is 2.36. The van der Waals surface area contributed by atoms with Gasteiger partial charge in [0, 0.05) is 24.3 Å². The highest BCUT2D eigenvalue weighted by Gasteiger charge is 2.34. The van der Waals surface area contributed by atoms with Crippen LogP contribution in [0.25, 0.3) is 0 Å². The van der Waals surface area contributed by atoms with Crippen molar-refractivity contribution >= 4 is 17.3 Å². The van der Waals surface area contributed by atoms with Crippen molar-refractivity contribution in [1.82, 2.24) is 4.90 Å². The van der Waals surface area contributed by atoms with E-state index in [9.17, 15) is 4.79 Å². The lowest BCUT2D eigenvalue weighted by Gasteiger charge is -2.39. The molecule has 2 heterocycles. The Hall–Kier alpha value is -1.84. The first-order chi connectivity index (χ1) is 8.15. The van der Waals surface area contributed by atoms with Crippen molar-refractivity contribution in [3.8, 4) is 0 Å². The molecular formula is C13H15N3O. The number of nitrogens with two attached hydrogens (primary N) is 1. The van der Waals surface area contributed by atoms with Gasteiger partial charge >= 0.3 is 0 Å². The normalized spacial score (nSPS) is 18.6. The molecule has 1 aromatic rings. The Morgan fingerprint density at radius 3 is 2.94 bits per heavy atom. The van der Waals surface area contributed by atoms with E-state index in [2.05, 4.69) is 9.89 Å². The third-order valence-corrected chi connectivity index (χ3v) is 3.53. The van der Waals surface area contributed by atoms with Crippen molar-refractivity contribution in [3.05, 3.63) is 29.3 Å². The van der Waals surface area contributed by atoms with Crippen LogP contribution in [0, 0.1) is 5.92 Å². The van der Waals surface area contributed by atoms with E-state index in [0.29, 0.717) is 0 Å². The molecule has 2 N–H and O–H groups in total. The van der Waals surface area contributed by atoms with Gasteiger partial charge in [0.2, 0.25) is 0 Å². The minimum atomic E-state index is 0.183. The molecule has 0 spiro atoms. The van der Waals surface area contributed by atoms with Gasteiger partial charge < -0.3 is 10.6 Å². The number of nitrogens with zero attached hydrogens (tertiary/aromatic N) is 2. The Morgan fingerprint density at radius 1 is 1.47 bits per heavy atom. The first-order valence-corrected chi connectivity index (χ1v) is 5.84. The van der Waals surface area contributed by atoms with Gasteiger partial charge in [-0.2, -0.15) is 0 Å². The van der Waals surface area contributed by atoms with Gasteiger partial charge in [0.15, 0.2) is 0 Å². The monoisotopic (exact) mass is 229 g/mol. The number of fused-ring (bicyclic) bond motifs is 1. The van der Waals surface area contributed by atoms with Crippen LogP contribution in [0.4, 0.5) is 5.69 Å². The first-order valence-electron chi connectivity index (χ1n) is 5.84. The van der Waals surface area contributed by atoms with Crippen molar-refractivity contribution in [2.24, 2.45) is 10.9 Å². The number of Topliss-reactive ketones (excluding diaryl/α,β-unsaturated/α-hetero) is 1. The molecule has 0 aliphatic carbocycles. The molecular weight excluding hydrogens is 214 g/mol. The zero-order valence-corrected chi connectivity index (χ0v) is 9.81. The summed E-state index contributed by atoms with van der Waals surface area (Å²) in [5.74, 6) is 1.46. The van der Waals surface area contributed by atoms with Crippen LogP contribution in [0.5, 0.6) is 0 Å². The summed E-state index contributed by atoms with van der Waals surface area (Å²) in [7, 11) is 0. The lowest BCUT2D eigenvalue weighted by atomic mass is 9.94. The van der Waals surface area contributed by atoms with Gasteiger partial charge in [0.05, 0.1) is 12.5 Å². The van der Waals surface area contributed by atoms with E-state index in [4.69, 9.17) is 5.73 Å². The van der Waals surface area contributed by atoms with Gasteiger partial charge in [-0.05, 0) is 24.6 Å². The molecule has 0 unspecified atom stereocenters. The number of carbonyl (C=O) groups excluding carboxylic acids is 1. The smallest absolute Gasteiger partial charge is 0.136 e. The second-order valence-corrected chi connectivity index (χ2v) is 4.77. The number of anilines is 1. The largest absolute Gasteiger partial charge is 0.399 e. The number of hydrogen-bond acceptors (Lipinski definition) is 4. The Labute approximate surface area is 100 Å². The summed E-state index contributed by atoms with van der Waals surface area (Å²) in [6.45, 7) is 3.97. The molecule has 0 radical (unpaired) electrons. The number of nitrogen functional groups attached to an aromatic ring is 1. The highest BCUT2D eigenvalue weighted by molar-refractivity contribution is 6.03. The van der Waals surface area contributed by atoms with E-state index >= 15 is 0 Å². The molecule has 17 heavy (non-hydrogen) atoms. The van der Waals surface area contributed by atoms with Crippen LogP contribution >= 0.6 is 0 Å². The van der Waals surface area contributed by atoms with Crippen molar-refractivity contribution in [3.63, 3.8) is 0 Å². The van der Waals surface area contributed by atoms with Crippen molar-refractivity contribution in [1.29, 1.82) is 0 Å². The van der Waals surface area contributed by atoms with Crippen LogP contribution in [-0.4, -0.2) is 29.6 Å². The SMILES string of the molecule is CC(=O)C1CN(C2=NCc3ccc(N)cc32)C1. The van der Waals surface area contributed by atoms with Crippen LogP contribution < -0.4 is 5.73 Å². The average molecular weight is 229 g/mol. The van der Waals surface area contributed by atoms with Crippen LogP contribution in [-0.2, 0) is 11.3 Å². The quantitative estimate of drug-likeness (QED) is 0.732. The second kappa shape index (κ2) is 3.58. The summed E-state index contributed by atoms with van der Waals surface area (Å²) in [6, 6.07) is 5.91. The fourth-order valence-electron chi connectivity index (χ4n) is 2.36. The van der Waals surface area contributed by atoms with E-state index in [-0.39, 0.29) is 11.7 Å². The first kappa shape index (κ1) is 10.3. The van der Waals surface area contributed by atoms with E-state index in [1.807, 2.05) is 18.2 Å². The Balaban J connectivity index is 1.81. The highest BCUT2D eigenvalue weighted by Crippen LogP contribution is 2.27. The maximum absolute atomic E-state index is 11.2. The van der Waals surface area contributed by atoms with E-state index in [0.717, 1.165) is 36.7 Å². The molecule has 1 saturated heterocycles. The molecule has 3 rings (SSSR count). The maximum atomic E-state index is 11.2. The predicted molar refractivity (Wildman–Crippen MR) is 66.8 cm³/mol. The fraction of sp³-hybridized carbons (Fsp3) is 0.385. The Morgan fingerprint density at radius 2 is 2.24 bits per heavy atom. The third kappa shape index (κ3) is 1.60. The van der Waals surface area contributed by atoms with Crippen LogP contribution in [0.15, 0.2) is 23.2 Å². The molecule has 88 valence electrons. The number of benzene rings is 1. The number of rotatable bonds is 1. The number of carbonyl (C=O) groups is 1. The van der Waals surface area contributed by atoms with Crippen LogP contribution in [0.3, 0.4) is 0 Å². The highest BCUT2D eigenvalue weighted by atomic mass is 16.1. The van der Waals surface area contributed by atoms with Gasteiger partial charge in [-0.1, -0.05) is 6.07 Å². The molecule has 4 heteroatoms. The minimum absolute atomic E-state index is 0.183. The van der Waals surface area contributed by atoms with E-state index in [1.54, 1.807) is 6.92 Å². The summed E-state index contributed by atoms with van der Waals surface area (Å²) >= 11 is 0. The molecule has 0 amide bonds. The summed E-state index contributed by atoms with van der Waals surface area (Å²) in [4.78, 5) is 17.9. The maximum Gasteiger partial charge on any atom is 0.136 e. The van der Waals surface area contributed by atoms with E-state index in [1.165, 1.54) is 5.56 Å². The summed E-state index contributed by atoms with van der Waals surface area (Å²) < 4.78 is 0. The summed E-state index contributed by atoms with van der Waals surface area (Å²) in [5, 5.41) is 0. The number of hydrogen-bond donors (Lipinski definition) is 1. The van der Waals surface area contributed by atoms with E-state index < -0.39 is 0 Å². The van der Waals surface area contributed by atoms with Gasteiger partial charge in [-0.3, -0.25) is 9.79 Å². The van der Waals surface area contributed by atoms with Gasteiger partial charge in [0.1, 0.15) is 11.6 Å². The van der Waals surface area contributed by atoms with Gasteiger partial charge in [0.25, 0.3) is 0 Å². The third-order valence-electron chi connectivity index (χ3n) is 3.53. The molecule has 1 aromatic carbocycles. The summed E-state index contributed by atoms with van der Waals surface area (Å²) in [5.41, 5.74) is 8.92. The number of aliphatic imine (C=N–C) groups is 1. The number of amidine groups is 1. The van der Waals surface area contributed by atoms with Crippen molar-refractivity contribution < 1.29 is 4.79 Å². The van der Waals surface area contributed by atoms with Crippen LogP contribution in [0.1, 0.15) is 18.1 Å². The average Bonchev–Trinajstić information content (AvgIpc) is 2.59. The zero-order valence-electron chi connectivity index (χ0n) is 9.81. The lowest BCUT2D eigenvalue weighted by Crippen LogP contribution is -2.52. The molecule has 2 aliphatic heterocycles.